The Morgan fingerprint density at radius 3 is 2.50 bits per heavy atom. The van der Waals surface area contributed by atoms with Crippen LogP contribution in [0, 0.1) is 20.4 Å². The molecule has 0 N–H and O–H groups in total. The first kappa shape index (κ1) is 12.5. The fraction of sp³-hybridized carbons (Fsp3) is 0. The Morgan fingerprint density at radius 1 is 1.17 bits per heavy atom. The highest BCUT2D eigenvalue weighted by Crippen LogP contribution is 2.22. The molecular weight excluding hydrogens is 268 g/mol. The van der Waals surface area contributed by atoms with Gasteiger partial charge in [0.15, 0.2) is 0 Å². The van der Waals surface area contributed by atoms with E-state index in [9.17, 15) is 24.1 Å². The van der Waals surface area contributed by atoms with Crippen molar-refractivity contribution in [3.05, 3.63) is 40.4 Å². The number of fused-ring (bicyclic) bond motifs is 1. The van der Waals surface area contributed by atoms with Gasteiger partial charge in [-0.1, -0.05) is 0 Å². The Bertz CT molecular complexity index is 612. The average molecular weight is 273 g/mol. The van der Waals surface area contributed by atoms with Gasteiger partial charge in [0.2, 0.25) is 0 Å². The summed E-state index contributed by atoms with van der Waals surface area (Å²) in [4.78, 5) is 13.7. The molecule has 0 aliphatic carbocycles. The molecule has 0 aliphatic heterocycles. The minimum absolute atomic E-state index is 0.118. The van der Waals surface area contributed by atoms with E-state index in [1.54, 1.807) is 0 Å². The molecule has 2 aromatic rings. The summed E-state index contributed by atoms with van der Waals surface area (Å²) in [6.45, 7) is 0. The smallest absolute Gasteiger partial charge is 0.258 e. The number of benzene rings is 1. The van der Waals surface area contributed by atoms with Crippen molar-refractivity contribution in [1.82, 2.24) is 4.98 Å². The third kappa shape index (κ3) is 2.81. The normalized spacial score (nSPS) is 11.5. The maximum absolute atomic E-state index is 10.5. The molecule has 0 amide bonds. The lowest BCUT2D eigenvalue weighted by atomic mass is 10.2. The lowest BCUT2D eigenvalue weighted by molar-refractivity contribution is -1.91. The first-order valence-electron chi connectivity index (χ1n) is 4.51. The fourth-order valence-corrected chi connectivity index (χ4v) is 1.63. The van der Waals surface area contributed by atoms with Gasteiger partial charge in [-0.3, -0.25) is 10.1 Å². The third-order valence-electron chi connectivity index (χ3n) is 2.03. The van der Waals surface area contributed by atoms with Gasteiger partial charge in [-0.2, -0.15) is 19.0 Å². The second kappa shape index (κ2) is 4.35. The Balaban J connectivity index is 2.41. The quantitative estimate of drug-likeness (QED) is 0.486. The number of hydrogen-bond donors (Lipinski definition) is 0. The zero-order chi connectivity index (χ0) is 13.3. The molecule has 1 heterocycles. The zero-order valence-corrected chi connectivity index (χ0v) is 9.36. The van der Waals surface area contributed by atoms with Crippen molar-refractivity contribution in [3.63, 3.8) is 0 Å². The van der Waals surface area contributed by atoms with Crippen molar-refractivity contribution < 1.29 is 33.4 Å². The van der Waals surface area contributed by atoms with Crippen LogP contribution in [0.4, 0.5) is 5.69 Å². The average Bonchev–Trinajstić information content (AvgIpc) is 2.26. The van der Waals surface area contributed by atoms with E-state index in [1.165, 1.54) is 24.3 Å². The number of pyridine rings is 1. The first-order valence-corrected chi connectivity index (χ1v) is 5.74. The number of aromatic nitrogens is 1. The Hall–Kier alpha value is -2.00. The molecular formula is C9H5ClN2O6. The molecule has 94 valence electrons. The molecule has 0 unspecified atom stereocenters. The predicted molar refractivity (Wildman–Crippen MR) is 49.0 cm³/mol. The minimum Gasteiger partial charge on any atom is -0.258 e. The van der Waals surface area contributed by atoms with Crippen LogP contribution in [0.15, 0.2) is 30.3 Å². The lowest BCUT2D eigenvalue weighted by Gasteiger charge is -2.11. The highest BCUT2D eigenvalue weighted by molar-refractivity contribution is 5.81. The van der Waals surface area contributed by atoms with E-state index in [4.69, 9.17) is 0 Å². The predicted octanol–water partition coefficient (Wildman–Crippen LogP) is -1.58. The summed E-state index contributed by atoms with van der Waals surface area (Å²) in [5, 5.41) is 11.0. The van der Waals surface area contributed by atoms with Gasteiger partial charge in [0.1, 0.15) is 10.2 Å². The molecule has 0 spiro atoms. The van der Waals surface area contributed by atoms with E-state index in [2.05, 4.69) is 9.27 Å². The van der Waals surface area contributed by atoms with E-state index in [1.807, 2.05) is 0 Å². The summed E-state index contributed by atoms with van der Waals surface area (Å²) in [6.07, 6.45) is 0. The molecule has 0 aliphatic rings. The number of non-ortho nitro benzene ring substituents is 1. The SMILES string of the molecule is O=[N+]([O-])c1ccc2nc(O[Cl+3]([O-])([O-])[O-])ccc2c1. The molecule has 0 atom stereocenters. The molecule has 9 heteroatoms. The van der Waals surface area contributed by atoms with Gasteiger partial charge in [-0.15, -0.1) is 0 Å². The number of nitro groups is 1. The van der Waals surface area contributed by atoms with Crippen LogP contribution in [0.3, 0.4) is 0 Å². The summed E-state index contributed by atoms with van der Waals surface area (Å²) < 4.78 is 35.1. The Morgan fingerprint density at radius 2 is 1.89 bits per heavy atom. The van der Waals surface area contributed by atoms with Gasteiger partial charge in [-0.05, 0) is 16.4 Å². The maximum Gasteiger partial charge on any atom is 0.381 e. The van der Waals surface area contributed by atoms with E-state index in [0.29, 0.717) is 5.39 Å². The summed E-state index contributed by atoms with van der Waals surface area (Å²) in [5.41, 5.74) is 0.157. The molecule has 1 aromatic heterocycles. The second-order valence-electron chi connectivity index (χ2n) is 3.24. The van der Waals surface area contributed by atoms with E-state index < -0.39 is 21.0 Å². The van der Waals surface area contributed by atoms with Crippen molar-refractivity contribution in [2.45, 2.75) is 0 Å². The number of halogens is 1. The molecule has 0 radical (unpaired) electrons. The van der Waals surface area contributed by atoms with Crippen LogP contribution in [-0.2, 0) is 0 Å². The third-order valence-corrected chi connectivity index (χ3v) is 2.38. The largest absolute Gasteiger partial charge is 0.381 e. The first-order chi connectivity index (χ1) is 8.35. The van der Waals surface area contributed by atoms with Crippen molar-refractivity contribution in [2.75, 3.05) is 0 Å². The molecule has 0 saturated carbocycles. The van der Waals surface area contributed by atoms with E-state index in [-0.39, 0.29) is 11.2 Å². The Labute approximate surface area is 102 Å². The summed E-state index contributed by atoms with van der Waals surface area (Å²) in [7, 11) is -4.61. The van der Waals surface area contributed by atoms with Crippen molar-refractivity contribution in [1.29, 1.82) is 0 Å². The molecule has 0 fully saturated rings. The van der Waals surface area contributed by atoms with Crippen LogP contribution in [-0.4, -0.2) is 9.91 Å². The van der Waals surface area contributed by atoms with Crippen LogP contribution in [0.25, 0.3) is 10.9 Å². The van der Waals surface area contributed by atoms with Crippen LogP contribution < -0.4 is 18.3 Å². The van der Waals surface area contributed by atoms with Gasteiger partial charge in [0.25, 0.3) is 5.69 Å². The monoisotopic (exact) mass is 272 g/mol. The Kier molecular flexibility index (Phi) is 3.01. The minimum atomic E-state index is -4.61. The number of rotatable bonds is 3. The van der Waals surface area contributed by atoms with Crippen molar-refractivity contribution in [2.24, 2.45) is 0 Å². The standard InChI is InChI=1S/C9H5ClN2O6/c13-10(14,15)18-9-4-1-6-5-7(12(16)17)2-3-8(6)11-9/h1-5H. The van der Waals surface area contributed by atoms with Gasteiger partial charge < -0.3 is 0 Å². The van der Waals surface area contributed by atoms with Crippen LogP contribution in [0.2, 0.25) is 0 Å². The number of nitrogens with zero attached hydrogens (tertiary/aromatic N) is 2. The van der Waals surface area contributed by atoms with Gasteiger partial charge in [0, 0.05) is 23.6 Å². The lowest BCUT2D eigenvalue weighted by Crippen LogP contribution is -2.63. The maximum atomic E-state index is 10.5. The fourth-order valence-electron chi connectivity index (χ4n) is 1.35. The summed E-state index contributed by atoms with van der Waals surface area (Å²) >= 11 is 0. The van der Waals surface area contributed by atoms with Crippen LogP contribution in [0.1, 0.15) is 0 Å². The molecule has 1 aromatic carbocycles. The second-order valence-corrected chi connectivity index (χ2v) is 4.15. The van der Waals surface area contributed by atoms with E-state index >= 15 is 0 Å². The van der Waals surface area contributed by atoms with Crippen LogP contribution >= 0.6 is 0 Å². The highest BCUT2D eigenvalue weighted by atomic mass is 35.7. The van der Waals surface area contributed by atoms with Crippen LogP contribution in [0.5, 0.6) is 5.88 Å². The highest BCUT2D eigenvalue weighted by Gasteiger charge is 2.21. The number of hydrogen-bond acceptors (Lipinski definition) is 7. The molecule has 8 nitrogen and oxygen atoms in total. The van der Waals surface area contributed by atoms with Gasteiger partial charge >= 0.3 is 5.88 Å². The van der Waals surface area contributed by atoms with Gasteiger partial charge in [-0.25, -0.2) is 0 Å². The summed E-state index contributed by atoms with van der Waals surface area (Å²) in [5.74, 6) is -0.395. The summed E-state index contributed by atoms with van der Waals surface area (Å²) in [6, 6.07) is 6.31. The zero-order valence-electron chi connectivity index (χ0n) is 8.61. The molecule has 2 rings (SSSR count). The molecule has 0 saturated heterocycles. The van der Waals surface area contributed by atoms with Gasteiger partial charge in [0.05, 0.1) is 10.4 Å². The number of nitro benzene ring substituents is 1. The molecule has 18 heavy (non-hydrogen) atoms. The molecule has 0 bridgehead atoms. The van der Waals surface area contributed by atoms with Crippen molar-refractivity contribution >= 4 is 16.6 Å². The van der Waals surface area contributed by atoms with E-state index in [0.717, 1.165) is 6.07 Å². The topological polar surface area (TPSA) is 134 Å². The van der Waals surface area contributed by atoms with Crippen molar-refractivity contribution in [3.8, 4) is 5.88 Å².